The average Bonchev–Trinajstić information content (AvgIpc) is 2.39. The molecule has 0 radical (unpaired) electrons. The summed E-state index contributed by atoms with van der Waals surface area (Å²) in [7, 11) is -0.542. The quantitative estimate of drug-likeness (QED) is 0.385. The SMILES string of the molecule is CCCCCCCCCCCCCCS(=O)CC. The van der Waals surface area contributed by atoms with Crippen LogP contribution >= 0.6 is 0 Å². The van der Waals surface area contributed by atoms with Crippen molar-refractivity contribution in [1.29, 1.82) is 0 Å². The van der Waals surface area contributed by atoms with Crippen LogP contribution in [-0.2, 0) is 10.8 Å². The molecule has 0 amide bonds. The van der Waals surface area contributed by atoms with Gasteiger partial charge in [-0.2, -0.15) is 0 Å². The predicted molar refractivity (Wildman–Crippen MR) is 84.6 cm³/mol. The van der Waals surface area contributed by atoms with Crippen LogP contribution in [0, 0.1) is 0 Å². The summed E-state index contributed by atoms with van der Waals surface area (Å²) in [5.41, 5.74) is 0. The highest BCUT2D eigenvalue weighted by Crippen LogP contribution is 2.11. The number of rotatable bonds is 14. The molecular weight excluding hydrogens is 240 g/mol. The highest BCUT2D eigenvalue weighted by molar-refractivity contribution is 7.84. The molecule has 0 saturated carbocycles. The van der Waals surface area contributed by atoms with Crippen molar-refractivity contribution in [3.63, 3.8) is 0 Å². The average molecular weight is 275 g/mol. The van der Waals surface area contributed by atoms with Crippen molar-refractivity contribution in [3.05, 3.63) is 0 Å². The molecule has 0 aromatic rings. The van der Waals surface area contributed by atoms with E-state index in [0.717, 1.165) is 17.9 Å². The molecule has 0 spiro atoms. The second kappa shape index (κ2) is 15.2. The maximum atomic E-state index is 11.2. The zero-order valence-electron chi connectivity index (χ0n) is 12.7. The molecule has 0 bridgehead atoms. The van der Waals surface area contributed by atoms with Crippen LogP contribution < -0.4 is 0 Å². The van der Waals surface area contributed by atoms with Gasteiger partial charge in [-0.25, -0.2) is 0 Å². The van der Waals surface area contributed by atoms with E-state index < -0.39 is 10.8 Å². The normalized spacial score (nSPS) is 12.8. The fourth-order valence-corrected chi connectivity index (χ4v) is 3.06. The Balaban J connectivity index is 2.97. The van der Waals surface area contributed by atoms with Gasteiger partial charge in [0.05, 0.1) is 0 Å². The zero-order chi connectivity index (χ0) is 13.5. The molecule has 0 fully saturated rings. The van der Waals surface area contributed by atoms with Gasteiger partial charge in [-0.1, -0.05) is 84.5 Å². The zero-order valence-corrected chi connectivity index (χ0v) is 13.5. The minimum atomic E-state index is -0.542. The third-order valence-electron chi connectivity index (χ3n) is 3.55. The van der Waals surface area contributed by atoms with Gasteiger partial charge < -0.3 is 0 Å². The van der Waals surface area contributed by atoms with Crippen molar-refractivity contribution >= 4 is 10.8 Å². The Hall–Kier alpha value is 0.150. The van der Waals surface area contributed by atoms with Crippen LogP contribution in [0.3, 0.4) is 0 Å². The lowest BCUT2D eigenvalue weighted by atomic mass is 10.1. The molecule has 1 nitrogen and oxygen atoms in total. The van der Waals surface area contributed by atoms with Gasteiger partial charge in [0, 0.05) is 22.3 Å². The van der Waals surface area contributed by atoms with Crippen LogP contribution in [0.15, 0.2) is 0 Å². The number of hydrogen-bond acceptors (Lipinski definition) is 1. The first-order valence-electron chi connectivity index (χ1n) is 8.16. The van der Waals surface area contributed by atoms with E-state index in [9.17, 15) is 4.21 Å². The summed E-state index contributed by atoms with van der Waals surface area (Å²) in [5, 5.41) is 0. The van der Waals surface area contributed by atoms with Gasteiger partial charge in [-0.05, 0) is 6.42 Å². The van der Waals surface area contributed by atoms with E-state index in [0.29, 0.717) is 0 Å². The molecule has 0 aromatic carbocycles. The molecule has 0 N–H and O–H groups in total. The van der Waals surface area contributed by atoms with Crippen molar-refractivity contribution in [2.75, 3.05) is 11.5 Å². The molecule has 2 heteroatoms. The molecule has 0 rings (SSSR count). The standard InChI is InChI=1S/C16H34OS/c1-3-5-6-7-8-9-10-11-12-13-14-15-16-18(17)4-2/h3-16H2,1-2H3. The van der Waals surface area contributed by atoms with E-state index in [1.807, 2.05) is 6.92 Å². The molecule has 0 saturated heterocycles. The van der Waals surface area contributed by atoms with Gasteiger partial charge >= 0.3 is 0 Å². The lowest BCUT2D eigenvalue weighted by molar-refractivity contribution is 0.548. The third kappa shape index (κ3) is 14.2. The Morgan fingerprint density at radius 3 is 1.39 bits per heavy atom. The predicted octanol–water partition coefficient (Wildman–Crippen LogP) is 5.46. The van der Waals surface area contributed by atoms with Gasteiger partial charge in [0.15, 0.2) is 0 Å². The maximum absolute atomic E-state index is 11.2. The fourth-order valence-electron chi connectivity index (χ4n) is 2.25. The maximum Gasteiger partial charge on any atom is 0.0234 e. The van der Waals surface area contributed by atoms with E-state index in [4.69, 9.17) is 0 Å². The lowest BCUT2D eigenvalue weighted by Gasteiger charge is -2.02. The lowest BCUT2D eigenvalue weighted by Crippen LogP contribution is -1.99. The van der Waals surface area contributed by atoms with E-state index in [1.54, 1.807) is 0 Å². The van der Waals surface area contributed by atoms with Crippen LogP contribution in [0.1, 0.15) is 90.9 Å². The topological polar surface area (TPSA) is 17.1 Å². The summed E-state index contributed by atoms with van der Waals surface area (Å²) in [6.07, 6.45) is 16.5. The molecule has 18 heavy (non-hydrogen) atoms. The fraction of sp³-hybridized carbons (Fsp3) is 1.00. The minimum absolute atomic E-state index is 0.542. The molecule has 1 atom stereocenters. The monoisotopic (exact) mass is 274 g/mol. The first-order chi connectivity index (χ1) is 8.81. The van der Waals surface area contributed by atoms with Crippen LogP contribution in [-0.4, -0.2) is 15.7 Å². The Morgan fingerprint density at radius 1 is 0.611 bits per heavy atom. The molecule has 0 aliphatic heterocycles. The second-order valence-corrected chi connectivity index (χ2v) is 7.19. The highest BCUT2D eigenvalue weighted by atomic mass is 32.2. The Labute approximate surface area is 118 Å². The van der Waals surface area contributed by atoms with E-state index >= 15 is 0 Å². The van der Waals surface area contributed by atoms with E-state index in [-0.39, 0.29) is 0 Å². The molecule has 110 valence electrons. The third-order valence-corrected chi connectivity index (χ3v) is 4.94. The summed E-state index contributed by atoms with van der Waals surface area (Å²) >= 11 is 0. The van der Waals surface area contributed by atoms with Crippen molar-refractivity contribution < 1.29 is 4.21 Å². The van der Waals surface area contributed by atoms with Crippen molar-refractivity contribution in [2.24, 2.45) is 0 Å². The summed E-state index contributed by atoms with van der Waals surface area (Å²) in [4.78, 5) is 0. The second-order valence-electron chi connectivity index (χ2n) is 5.32. The van der Waals surface area contributed by atoms with Crippen LogP contribution in [0.25, 0.3) is 0 Å². The van der Waals surface area contributed by atoms with Crippen LogP contribution in [0.4, 0.5) is 0 Å². The number of unbranched alkanes of at least 4 members (excludes halogenated alkanes) is 11. The smallest absolute Gasteiger partial charge is 0.0234 e. The van der Waals surface area contributed by atoms with E-state index in [1.165, 1.54) is 70.6 Å². The first kappa shape index (κ1) is 18.1. The van der Waals surface area contributed by atoms with Gasteiger partial charge in [0.2, 0.25) is 0 Å². The molecule has 0 heterocycles. The van der Waals surface area contributed by atoms with Crippen molar-refractivity contribution in [3.8, 4) is 0 Å². The van der Waals surface area contributed by atoms with Crippen LogP contribution in [0.5, 0.6) is 0 Å². The molecule has 0 aliphatic rings. The van der Waals surface area contributed by atoms with Gasteiger partial charge in [0.1, 0.15) is 0 Å². The molecular formula is C16H34OS. The summed E-state index contributed by atoms with van der Waals surface area (Å²) in [6, 6.07) is 0. The largest absolute Gasteiger partial charge is 0.260 e. The van der Waals surface area contributed by atoms with Crippen molar-refractivity contribution in [1.82, 2.24) is 0 Å². The molecule has 0 aliphatic carbocycles. The molecule has 0 aromatic heterocycles. The van der Waals surface area contributed by atoms with Gasteiger partial charge in [-0.3, -0.25) is 4.21 Å². The Bertz CT molecular complexity index is 180. The van der Waals surface area contributed by atoms with Gasteiger partial charge in [0.25, 0.3) is 0 Å². The molecule has 1 unspecified atom stereocenters. The summed E-state index contributed by atoms with van der Waals surface area (Å²) in [5.74, 6) is 1.76. The van der Waals surface area contributed by atoms with E-state index in [2.05, 4.69) is 6.92 Å². The Kier molecular flexibility index (Phi) is 15.3. The van der Waals surface area contributed by atoms with Crippen LogP contribution in [0.2, 0.25) is 0 Å². The van der Waals surface area contributed by atoms with Gasteiger partial charge in [-0.15, -0.1) is 0 Å². The highest BCUT2D eigenvalue weighted by Gasteiger charge is 1.96. The minimum Gasteiger partial charge on any atom is -0.260 e. The first-order valence-corrected chi connectivity index (χ1v) is 9.65. The Morgan fingerprint density at radius 2 is 1.00 bits per heavy atom. The summed E-state index contributed by atoms with van der Waals surface area (Å²) in [6.45, 7) is 4.28. The number of hydrogen-bond donors (Lipinski definition) is 0. The van der Waals surface area contributed by atoms with Crippen molar-refractivity contribution in [2.45, 2.75) is 90.9 Å². The summed E-state index contributed by atoms with van der Waals surface area (Å²) < 4.78 is 11.2.